The highest BCUT2D eigenvalue weighted by atomic mass is 35.5. The fourth-order valence-electron chi connectivity index (χ4n) is 2.78. The molecule has 1 heterocycles. The second-order valence-corrected chi connectivity index (χ2v) is 8.82. The minimum Gasteiger partial charge on any atom is -0.348 e. The minimum absolute atomic E-state index is 0.277. The van der Waals surface area contributed by atoms with E-state index in [1.807, 2.05) is 0 Å². The van der Waals surface area contributed by atoms with Gasteiger partial charge in [-0.2, -0.15) is 4.31 Å². The molecule has 3 rings (SSSR count). The number of carbonyl (C=O) groups excluding carboxylic acids is 1. The van der Waals surface area contributed by atoms with Crippen LogP contribution in [0, 0.1) is 0 Å². The van der Waals surface area contributed by atoms with Gasteiger partial charge in [-0.25, -0.2) is 8.42 Å². The monoisotopic (exact) mass is 412 g/mol. The molecule has 2 aromatic rings. The van der Waals surface area contributed by atoms with E-state index in [0.717, 1.165) is 18.4 Å². The van der Waals surface area contributed by atoms with Crippen LogP contribution in [0.3, 0.4) is 0 Å². The van der Waals surface area contributed by atoms with Crippen molar-refractivity contribution in [3.63, 3.8) is 0 Å². The van der Waals surface area contributed by atoms with Gasteiger partial charge in [-0.15, -0.1) is 0 Å². The molecule has 26 heavy (non-hydrogen) atoms. The van der Waals surface area contributed by atoms with E-state index in [-0.39, 0.29) is 17.3 Å². The third-order valence-corrected chi connectivity index (χ3v) is 6.91. The van der Waals surface area contributed by atoms with E-state index in [1.165, 1.54) is 10.4 Å². The van der Waals surface area contributed by atoms with E-state index in [1.54, 1.807) is 36.4 Å². The Kier molecular flexibility index (Phi) is 5.87. The second kappa shape index (κ2) is 7.96. The molecule has 1 aliphatic rings. The number of halogens is 2. The first-order chi connectivity index (χ1) is 12.4. The van der Waals surface area contributed by atoms with Crippen molar-refractivity contribution in [3.05, 3.63) is 63.6 Å². The number of benzene rings is 2. The quantitative estimate of drug-likeness (QED) is 0.813. The van der Waals surface area contributed by atoms with E-state index in [9.17, 15) is 13.2 Å². The molecule has 1 fully saturated rings. The molecule has 2 aromatic carbocycles. The lowest BCUT2D eigenvalue weighted by Gasteiger charge is -2.15. The number of amides is 1. The predicted octanol–water partition coefficient (Wildman–Crippen LogP) is 3.71. The van der Waals surface area contributed by atoms with Crippen LogP contribution in [0.5, 0.6) is 0 Å². The zero-order valence-corrected chi connectivity index (χ0v) is 16.2. The van der Waals surface area contributed by atoms with E-state index in [2.05, 4.69) is 5.32 Å². The molecule has 0 aromatic heterocycles. The average molecular weight is 413 g/mol. The van der Waals surface area contributed by atoms with Crippen LogP contribution < -0.4 is 5.32 Å². The van der Waals surface area contributed by atoms with Gasteiger partial charge in [0.05, 0.1) is 14.9 Å². The van der Waals surface area contributed by atoms with Gasteiger partial charge in [-0.05, 0) is 48.7 Å². The van der Waals surface area contributed by atoms with Gasteiger partial charge in [0.15, 0.2) is 0 Å². The highest BCUT2D eigenvalue weighted by molar-refractivity contribution is 7.89. The zero-order valence-electron chi connectivity index (χ0n) is 13.9. The molecule has 0 unspecified atom stereocenters. The lowest BCUT2D eigenvalue weighted by molar-refractivity contribution is 0.0951. The van der Waals surface area contributed by atoms with Gasteiger partial charge in [0.2, 0.25) is 10.0 Å². The molecule has 5 nitrogen and oxygen atoms in total. The molecule has 0 aliphatic carbocycles. The number of nitrogens with zero attached hydrogens (tertiary/aromatic N) is 1. The summed E-state index contributed by atoms with van der Waals surface area (Å²) in [5.41, 5.74) is 1.21. The van der Waals surface area contributed by atoms with Crippen LogP contribution in [-0.4, -0.2) is 31.7 Å². The SMILES string of the molecule is O=C(NCc1ccc(S(=O)(=O)N2CCCC2)cc1)c1ccc(Cl)c(Cl)c1. The highest BCUT2D eigenvalue weighted by Gasteiger charge is 2.26. The Labute approximate surface area is 163 Å². The number of sulfonamides is 1. The fourth-order valence-corrected chi connectivity index (χ4v) is 4.59. The maximum Gasteiger partial charge on any atom is 0.251 e. The molecular weight excluding hydrogens is 395 g/mol. The largest absolute Gasteiger partial charge is 0.348 e. The molecule has 0 bridgehead atoms. The van der Waals surface area contributed by atoms with Gasteiger partial charge in [0.25, 0.3) is 5.91 Å². The first kappa shape index (κ1) is 19.2. The first-order valence-electron chi connectivity index (χ1n) is 8.20. The smallest absolute Gasteiger partial charge is 0.251 e. The molecule has 1 amide bonds. The summed E-state index contributed by atoms with van der Waals surface area (Å²) in [6, 6.07) is 11.2. The van der Waals surface area contributed by atoms with E-state index in [4.69, 9.17) is 23.2 Å². The van der Waals surface area contributed by atoms with Crippen LogP contribution in [0.25, 0.3) is 0 Å². The maximum absolute atomic E-state index is 12.5. The summed E-state index contributed by atoms with van der Waals surface area (Å²) in [6.45, 7) is 1.43. The highest BCUT2D eigenvalue weighted by Crippen LogP contribution is 2.23. The van der Waals surface area contributed by atoms with Crippen molar-refractivity contribution < 1.29 is 13.2 Å². The Morgan fingerprint density at radius 1 is 1.00 bits per heavy atom. The van der Waals surface area contributed by atoms with Gasteiger partial charge >= 0.3 is 0 Å². The average Bonchev–Trinajstić information content (AvgIpc) is 3.18. The van der Waals surface area contributed by atoms with Gasteiger partial charge in [0, 0.05) is 25.2 Å². The van der Waals surface area contributed by atoms with Crippen molar-refractivity contribution in [2.45, 2.75) is 24.3 Å². The van der Waals surface area contributed by atoms with Crippen LogP contribution in [0.4, 0.5) is 0 Å². The predicted molar refractivity (Wildman–Crippen MR) is 102 cm³/mol. The molecule has 1 saturated heterocycles. The number of hydrogen-bond donors (Lipinski definition) is 1. The summed E-state index contributed by atoms with van der Waals surface area (Å²) < 4.78 is 26.5. The van der Waals surface area contributed by atoms with Gasteiger partial charge in [-0.1, -0.05) is 35.3 Å². The maximum atomic E-state index is 12.5. The number of nitrogens with one attached hydrogen (secondary N) is 1. The number of carbonyl (C=O) groups is 1. The molecule has 0 saturated carbocycles. The molecule has 1 N–H and O–H groups in total. The Balaban J connectivity index is 1.64. The fraction of sp³-hybridized carbons (Fsp3) is 0.278. The Hall–Kier alpha value is -1.60. The van der Waals surface area contributed by atoms with Gasteiger partial charge in [0.1, 0.15) is 0 Å². The Bertz CT molecular complexity index is 909. The molecule has 0 radical (unpaired) electrons. The van der Waals surface area contributed by atoms with Crippen molar-refractivity contribution in [1.82, 2.24) is 9.62 Å². The standard InChI is InChI=1S/C18H18Cl2N2O3S/c19-16-8-5-14(11-17(16)20)18(23)21-12-13-3-6-15(7-4-13)26(24,25)22-9-1-2-10-22/h3-8,11H,1-2,9-10,12H2,(H,21,23). The van der Waals surface area contributed by atoms with Gasteiger partial charge < -0.3 is 5.32 Å². The lowest BCUT2D eigenvalue weighted by atomic mass is 10.2. The first-order valence-corrected chi connectivity index (χ1v) is 10.4. The van der Waals surface area contributed by atoms with E-state index >= 15 is 0 Å². The zero-order chi connectivity index (χ0) is 18.7. The van der Waals surface area contributed by atoms with Crippen molar-refractivity contribution >= 4 is 39.1 Å². The van der Waals surface area contributed by atoms with E-state index in [0.29, 0.717) is 28.7 Å². The van der Waals surface area contributed by atoms with Crippen molar-refractivity contribution in [1.29, 1.82) is 0 Å². The summed E-state index contributed by atoms with van der Waals surface area (Å²) >= 11 is 11.8. The molecule has 1 aliphatic heterocycles. The topological polar surface area (TPSA) is 66.5 Å². The van der Waals surface area contributed by atoms with Crippen LogP contribution >= 0.6 is 23.2 Å². The molecule has 0 spiro atoms. The molecular formula is C18H18Cl2N2O3S. The van der Waals surface area contributed by atoms with Crippen LogP contribution in [0.15, 0.2) is 47.4 Å². The lowest BCUT2D eigenvalue weighted by Crippen LogP contribution is -2.28. The third-order valence-electron chi connectivity index (χ3n) is 4.26. The van der Waals surface area contributed by atoms with Crippen molar-refractivity contribution in [3.8, 4) is 0 Å². The van der Waals surface area contributed by atoms with Crippen LogP contribution in [0.1, 0.15) is 28.8 Å². The van der Waals surface area contributed by atoms with Crippen LogP contribution in [-0.2, 0) is 16.6 Å². The van der Waals surface area contributed by atoms with E-state index < -0.39 is 10.0 Å². The summed E-state index contributed by atoms with van der Waals surface area (Å²) in [5.74, 6) is -0.280. The number of hydrogen-bond acceptors (Lipinski definition) is 3. The third kappa shape index (κ3) is 4.20. The normalized spacial score (nSPS) is 15.2. The molecule has 138 valence electrons. The molecule has 0 atom stereocenters. The summed E-state index contributed by atoms with van der Waals surface area (Å²) in [5, 5.41) is 3.48. The minimum atomic E-state index is -3.42. The van der Waals surface area contributed by atoms with Gasteiger partial charge in [-0.3, -0.25) is 4.79 Å². The Morgan fingerprint density at radius 3 is 2.27 bits per heavy atom. The second-order valence-electron chi connectivity index (χ2n) is 6.07. The van der Waals surface area contributed by atoms with Crippen molar-refractivity contribution in [2.24, 2.45) is 0 Å². The number of rotatable bonds is 5. The summed E-state index contributed by atoms with van der Waals surface area (Å²) in [6.07, 6.45) is 1.80. The summed E-state index contributed by atoms with van der Waals surface area (Å²) in [7, 11) is -3.42. The summed E-state index contributed by atoms with van der Waals surface area (Å²) in [4.78, 5) is 12.4. The molecule has 8 heteroatoms. The van der Waals surface area contributed by atoms with Crippen molar-refractivity contribution in [2.75, 3.05) is 13.1 Å². The Morgan fingerprint density at radius 2 is 1.65 bits per heavy atom. The van der Waals surface area contributed by atoms with Crippen LogP contribution in [0.2, 0.25) is 10.0 Å².